The van der Waals surface area contributed by atoms with Crippen molar-refractivity contribution < 1.29 is 0 Å². The van der Waals surface area contributed by atoms with Crippen LogP contribution in [0.4, 0.5) is 5.82 Å². The van der Waals surface area contributed by atoms with Crippen molar-refractivity contribution in [3.05, 3.63) is 21.8 Å². The molecule has 1 unspecified atom stereocenters. The van der Waals surface area contributed by atoms with Gasteiger partial charge in [0.1, 0.15) is 5.82 Å². The first-order chi connectivity index (χ1) is 7.70. The van der Waals surface area contributed by atoms with Crippen LogP contribution < -0.4 is 4.90 Å². The summed E-state index contributed by atoms with van der Waals surface area (Å²) in [4.78, 5) is 6.65. The number of aromatic nitrogens is 1. The highest BCUT2D eigenvalue weighted by Crippen LogP contribution is 2.30. The lowest BCUT2D eigenvalue weighted by atomic mass is 10.0. The number of halogens is 3. The Balaban J connectivity index is 2.16. The number of piperidine rings is 1. The number of hydrogen-bond donors (Lipinski definition) is 0. The molecule has 2 nitrogen and oxygen atoms in total. The maximum absolute atomic E-state index is 5.92. The predicted molar refractivity (Wildman–Crippen MR) is 72.6 cm³/mol. The molecule has 5 heteroatoms. The first-order valence-electron chi connectivity index (χ1n) is 5.32. The highest BCUT2D eigenvalue weighted by Gasteiger charge is 2.21. The minimum Gasteiger partial charge on any atom is -0.355 e. The highest BCUT2D eigenvalue weighted by molar-refractivity contribution is 9.10. The smallest absolute Gasteiger partial charge is 0.142 e. The number of hydrogen-bond acceptors (Lipinski definition) is 2. The highest BCUT2D eigenvalue weighted by atomic mass is 79.9. The maximum Gasteiger partial charge on any atom is 0.142 e. The Hall–Kier alpha value is 0.01000. The lowest BCUT2D eigenvalue weighted by Crippen LogP contribution is -2.36. The molecular weight excluding hydrogens is 311 g/mol. The van der Waals surface area contributed by atoms with Crippen LogP contribution in [0.2, 0.25) is 5.02 Å². The van der Waals surface area contributed by atoms with Crippen LogP contribution in [0.25, 0.3) is 0 Å². The van der Waals surface area contributed by atoms with Crippen molar-refractivity contribution in [2.75, 3.05) is 23.9 Å². The van der Waals surface area contributed by atoms with Gasteiger partial charge in [-0.3, -0.25) is 0 Å². The van der Waals surface area contributed by atoms with E-state index in [0.29, 0.717) is 10.9 Å². The molecule has 1 aliphatic rings. The molecule has 0 saturated carbocycles. The summed E-state index contributed by atoms with van der Waals surface area (Å²) in [6.07, 6.45) is 4.07. The fourth-order valence-corrected chi connectivity index (χ4v) is 3.16. The second-order valence-corrected chi connectivity index (χ2v) is 5.67. The van der Waals surface area contributed by atoms with E-state index < -0.39 is 0 Å². The van der Waals surface area contributed by atoms with Crippen LogP contribution in [0.15, 0.2) is 16.7 Å². The summed E-state index contributed by atoms with van der Waals surface area (Å²) in [6.45, 7) is 2.03. The summed E-state index contributed by atoms with van der Waals surface area (Å²) in [7, 11) is 0. The van der Waals surface area contributed by atoms with Gasteiger partial charge in [-0.25, -0.2) is 4.98 Å². The summed E-state index contributed by atoms with van der Waals surface area (Å²) < 4.78 is 0.954. The zero-order valence-electron chi connectivity index (χ0n) is 8.80. The summed E-state index contributed by atoms with van der Waals surface area (Å²) >= 11 is 15.3. The third kappa shape index (κ3) is 2.82. The largest absolute Gasteiger partial charge is 0.355 e. The molecule has 2 rings (SSSR count). The zero-order valence-corrected chi connectivity index (χ0v) is 11.9. The molecule has 1 aliphatic heterocycles. The molecule has 0 spiro atoms. The molecule has 88 valence electrons. The van der Waals surface area contributed by atoms with Crippen molar-refractivity contribution in [3.8, 4) is 0 Å². The Kier molecular flexibility index (Phi) is 4.34. The Morgan fingerprint density at radius 1 is 1.56 bits per heavy atom. The van der Waals surface area contributed by atoms with E-state index in [1.165, 1.54) is 12.8 Å². The SMILES string of the molecule is ClCC1CCCN(c2ncc(Cl)cc2Br)C1. The van der Waals surface area contributed by atoms with E-state index in [0.717, 1.165) is 29.3 Å². The third-order valence-electron chi connectivity index (χ3n) is 2.83. The van der Waals surface area contributed by atoms with E-state index in [4.69, 9.17) is 23.2 Å². The molecule has 0 aliphatic carbocycles. The zero-order chi connectivity index (χ0) is 11.5. The maximum atomic E-state index is 5.92. The summed E-state index contributed by atoms with van der Waals surface area (Å²) in [5.41, 5.74) is 0. The van der Waals surface area contributed by atoms with Crippen LogP contribution in [0.5, 0.6) is 0 Å². The fourth-order valence-electron chi connectivity index (χ4n) is 2.02. The van der Waals surface area contributed by atoms with Crippen molar-refractivity contribution in [1.82, 2.24) is 4.98 Å². The molecule has 1 saturated heterocycles. The molecule has 1 atom stereocenters. The average molecular weight is 324 g/mol. The lowest BCUT2D eigenvalue weighted by Gasteiger charge is -2.33. The van der Waals surface area contributed by atoms with Crippen molar-refractivity contribution in [3.63, 3.8) is 0 Å². The van der Waals surface area contributed by atoms with Crippen LogP contribution >= 0.6 is 39.1 Å². The standard InChI is InChI=1S/C11H13BrCl2N2/c12-10-4-9(14)6-15-11(10)16-3-1-2-8(5-13)7-16/h4,6,8H,1-3,5,7H2. The monoisotopic (exact) mass is 322 g/mol. The van der Waals surface area contributed by atoms with Gasteiger partial charge in [-0.05, 0) is 40.8 Å². The van der Waals surface area contributed by atoms with Crippen LogP contribution in [-0.4, -0.2) is 24.0 Å². The van der Waals surface area contributed by atoms with Gasteiger partial charge in [0.2, 0.25) is 0 Å². The molecule has 0 bridgehead atoms. The van der Waals surface area contributed by atoms with Crippen LogP contribution in [-0.2, 0) is 0 Å². The van der Waals surface area contributed by atoms with E-state index in [1.54, 1.807) is 6.20 Å². The number of alkyl halides is 1. The Bertz CT molecular complexity index is 373. The van der Waals surface area contributed by atoms with E-state index in [1.807, 2.05) is 6.07 Å². The molecule has 0 amide bonds. The molecule has 2 heterocycles. The summed E-state index contributed by atoms with van der Waals surface area (Å²) in [5.74, 6) is 2.26. The van der Waals surface area contributed by atoms with E-state index in [9.17, 15) is 0 Å². The molecule has 0 aromatic carbocycles. The molecular formula is C11H13BrCl2N2. The number of nitrogens with zero attached hydrogens (tertiary/aromatic N) is 2. The van der Waals surface area contributed by atoms with Crippen molar-refractivity contribution in [2.45, 2.75) is 12.8 Å². The quantitative estimate of drug-likeness (QED) is 0.766. The Morgan fingerprint density at radius 2 is 2.38 bits per heavy atom. The van der Waals surface area contributed by atoms with Crippen molar-refractivity contribution in [1.29, 1.82) is 0 Å². The van der Waals surface area contributed by atoms with Gasteiger partial charge >= 0.3 is 0 Å². The van der Waals surface area contributed by atoms with Crippen molar-refractivity contribution in [2.24, 2.45) is 5.92 Å². The normalized spacial score (nSPS) is 21.2. The van der Waals surface area contributed by atoms with Gasteiger partial charge in [0.15, 0.2) is 0 Å². The van der Waals surface area contributed by atoms with Gasteiger partial charge in [0.05, 0.1) is 9.50 Å². The van der Waals surface area contributed by atoms with E-state index in [2.05, 4.69) is 25.8 Å². The molecule has 0 N–H and O–H groups in total. The van der Waals surface area contributed by atoms with Gasteiger partial charge in [-0.1, -0.05) is 11.6 Å². The predicted octanol–water partition coefficient (Wildman–Crippen LogP) is 3.95. The fraction of sp³-hybridized carbons (Fsp3) is 0.545. The van der Waals surface area contributed by atoms with Gasteiger partial charge in [0, 0.05) is 25.2 Å². The molecule has 1 aromatic rings. The topological polar surface area (TPSA) is 16.1 Å². The van der Waals surface area contributed by atoms with Crippen LogP contribution in [0, 0.1) is 5.92 Å². The summed E-state index contributed by atoms with van der Waals surface area (Å²) in [5, 5.41) is 0.654. The van der Waals surface area contributed by atoms with Crippen LogP contribution in [0.3, 0.4) is 0 Å². The number of anilines is 1. The second kappa shape index (κ2) is 5.56. The van der Waals surface area contributed by atoms with Gasteiger partial charge in [0.25, 0.3) is 0 Å². The molecule has 0 radical (unpaired) electrons. The van der Waals surface area contributed by atoms with E-state index >= 15 is 0 Å². The van der Waals surface area contributed by atoms with Gasteiger partial charge in [-0.15, -0.1) is 11.6 Å². The Labute approximate surface area is 114 Å². The van der Waals surface area contributed by atoms with Gasteiger partial charge in [-0.2, -0.15) is 0 Å². The lowest BCUT2D eigenvalue weighted by molar-refractivity contribution is 0.448. The van der Waals surface area contributed by atoms with Crippen molar-refractivity contribution >= 4 is 44.9 Å². The average Bonchev–Trinajstić information content (AvgIpc) is 2.29. The molecule has 16 heavy (non-hydrogen) atoms. The molecule has 1 fully saturated rings. The number of pyridine rings is 1. The Morgan fingerprint density at radius 3 is 3.06 bits per heavy atom. The van der Waals surface area contributed by atoms with E-state index in [-0.39, 0.29) is 0 Å². The first kappa shape index (κ1) is 12.5. The van der Waals surface area contributed by atoms with Crippen LogP contribution in [0.1, 0.15) is 12.8 Å². The first-order valence-corrected chi connectivity index (χ1v) is 7.03. The molecule has 1 aromatic heterocycles. The minimum atomic E-state index is 0.569. The minimum absolute atomic E-state index is 0.569. The summed E-state index contributed by atoms with van der Waals surface area (Å²) in [6, 6.07) is 1.88. The second-order valence-electron chi connectivity index (χ2n) is 4.07. The van der Waals surface area contributed by atoms with Gasteiger partial charge < -0.3 is 4.90 Å². The number of rotatable bonds is 2. The third-order valence-corrected chi connectivity index (χ3v) is 4.05.